The van der Waals surface area contributed by atoms with E-state index >= 15 is 0 Å². The third-order valence-corrected chi connectivity index (χ3v) is 4.18. The highest BCUT2D eigenvalue weighted by Gasteiger charge is 2.07. The molecule has 0 fully saturated rings. The summed E-state index contributed by atoms with van der Waals surface area (Å²) >= 11 is 7.92. The molecule has 0 radical (unpaired) electrons. The van der Waals surface area contributed by atoms with Crippen molar-refractivity contribution in [3.63, 3.8) is 0 Å². The lowest BCUT2D eigenvalue weighted by molar-refractivity contribution is 0.646. The Morgan fingerprint density at radius 1 is 1.32 bits per heavy atom. The molecular formula is C15H17ClN2S. The minimum absolute atomic E-state index is 0.173. The molecule has 0 bridgehead atoms. The second kappa shape index (κ2) is 6.94. The average molecular weight is 293 g/mol. The van der Waals surface area contributed by atoms with Crippen LogP contribution < -0.4 is 5.73 Å². The molecule has 0 saturated carbocycles. The summed E-state index contributed by atoms with van der Waals surface area (Å²) in [7, 11) is 0. The van der Waals surface area contributed by atoms with Gasteiger partial charge in [-0.05, 0) is 42.7 Å². The van der Waals surface area contributed by atoms with E-state index in [2.05, 4.69) is 24.0 Å². The van der Waals surface area contributed by atoms with Crippen LogP contribution in [0.2, 0.25) is 5.02 Å². The summed E-state index contributed by atoms with van der Waals surface area (Å²) < 4.78 is 0. The first-order chi connectivity index (χ1) is 9.19. The van der Waals surface area contributed by atoms with Gasteiger partial charge in [-0.15, -0.1) is 0 Å². The van der Waals surface area contributed by atoms with E-state index in [1.54, 1.807) is 18.0 Å². The van der Waals surface area contributed by atoms with Crippen molar-refractivity contribution >= 4 is 23.4 Å². The van der Waals surface area contributed by atoms with Gasteiger partial charge in [0.25, 0.3) is 0 Å². The summed E-state index contributed by atoms with van der Waals surface area (Å²) in [5, 5.41) is 1.75. The van der Waals surface area contributed by atoms with E-state index in [1.165, 1.54) is 0 Å². The van der Waals surface area contributed by atoms with Crippen LogP contribution in [0, 0.1) is 0 Å². The third kappa shape index (κ3) is 4.23. The van der Waals surface area contributed by atoms with E-state index in [9.17, 15) is 0 Å². The highest BCUT2D eigenvalue weighted by atomic mass is 35.5. The van der Waals surface area contributed by atoms with Crippen molar-refractivity contribution in [3.05, 3.63) is 53.2 Å². The van der Waals surface area contributed by atoms with Crippen LogP contribution in [0.4, 0.5) is 0 Å². The highest BCUT2D eigenvalue weighted by Crippen LogP contribution is 2.30. The molecule has 0 spiro atoms. The van der Waals surface area contributed by atoms with Crippen molar-refractivity contribution in [2.24, 2.45) is 5.73 Å². The number of pyridine rings is 1. The molecule has 1 unspecified atom stereocenters. The van der Waals surface area contributed by atoms with Crippen LogP contribution in [0.15, 0.2) is 52.5 Å². The highest BCUT2D eigenvalue weighted by molar-refractivity contribution is 7.99. The zero-order chi connectivity index (χ0) is 13.7. The van der Waals surface area contributed by atoms with Gasteiger partial charge >= 0.3 is 0 Å². The molecule has 0 aliphatic rings. The van der Waals surface area contributed by atoms with Gasteiger partial charge < -0.3 is 5.73 Å². The third-order valence-electron chi connectivity index (χ3n) is 2.89. The molecule has 2 rings (SSSR count). The topological polar surface area (TPSA) is 38.9 Å². The second-order valence-electron chi connectivity index (χ2n) is 4.40. The molecule has 0 saturated heterocycles. The number of aromatic nitrogens is 1. The Labute approximate surface area is 123 Å². The summed E-state index contributed by atoms with van der Waals surface area (Å²) in [5.41, 5.74) is 7.07. The fraction of sp³-hybridized carbons (Fsp3) is 0.267. The minimum atomic E-state index is 0.173. The van der Waals surface area contributed by atoms with Gasteiger partial charge in [-0.1, -0.05) is 42.4 Å². The van der Waals surface area contributed by atoms with Crippen molar-refractivity contribution in [2.75, 3.05) is 0 Å². The fourth-order valence-electron chi connectivity index (χ4n) is 1.71. The Hall–Kier alpha value is -1.03. The predicted octanol–water partition coefficient (Wildman–Crippen LogP) is 4.17. The van der Waals surface area contributed by atoms with Crippen molar-refractivity contribution in [1.29, 1.82) is 0 Å². The largest absolute Gasteiger partial charge is 0.327 e. The van der Waals surface area contributed by atoms with Crippen LogP contribution in [0.5, 0.6) is 0 Å². The Bertz CT molecular complexity index is 531. The number of halogens is 1. The number of nitrogens with zero attached hydrogens (tertiary/aromatic N) is 1. The van der Waals surface area contributed by atoms with E-state index in [0.29, 0.717) is 0 Å². The number of hydrogen-bond acceptors (Lipinski definition) is 3. The van der Waals surface area contributed by atoms with E-state index < -0.39 is 0 Å². The van der Waals surface area contributed by atoms with Gasteiger partial charge in [0.05, 0.1) is 0 Å². The molecule has 1 aromatic heterocycles. The smallest absolute Gasteiger partial charge is 0.101 e. The summed E-state index contributed by atoms with van der Waals surface area (Å²) in [6, 6.07) is 12.2. The molecule has 2 N–H and O–H groups in total. The first kappa shape index (κ1) is 14.4. The summed E-state index contributed by atoms with van der Waals surface area (Å²) in [6.45, 7) is 2.09. The zero-order valence-electron chi connectivity index (χ0n) is 10.8. The molecule has 2 nitrogen and oxygen atoms in total. The van der Waals surface area contributed by atoms with Crippen molar-refractivity contribution in [2.45, 2.75) is 35.7 Å². The maximum Gasteiger partial charge on any atom is 0.101 e. The van der Waals surface area contributed by atoms with Gasteiger partial charge in [0.1, 0.15) is 5.03 Å². The molecule has 0 aliphatic carbocycles. The van der Waals surface area contributed by atoms with Gasteiger partial charge in [0.15, 0.2) is 0 Å². The monoisotopic (exact) mass is 292 g/mol. The number of hydrogen-bond donors (Lipinski definition) is 1. The number of rotatable bonds is 5. The van der Waals surface area contributed by atoms with E-state index in [-0.39, 0.29) is 6.04 Å². The SMILES string of the molecule is CCC(N)Cc1ccc(Sc2ccccn2)cc1Cl. The maximum absolute atomic E-state index is 6.31. The Morgan fingerprint density at radius 3 is 2.79 bits per heavy atom. The fourth-order valence-corrected chi connectivity index (χ4v) is 2.85. The van der Waals surface area contributed by atoms with Gasteiger partial charge in [0, 0.05) is 22.2 Å². The van der Waals surface area contributed by atoms with E-state index in [4.69, 9.17) is 17.3 Å². The lowest BCUT2D eigenvalue weighted by atomic mass is 10.1. The van der Waals surface area contributed by atoms with Gasteiger partial charge in [-0.25, -0.2) is 4.98 Å². The first-order valence-electron chi connectivity index (χ1n) is 6.32. The van der Waals surface area contributed by atoms with Crippen LogP contribution in [-0.4, -0.2) is 11.0 Å². The molecule has 1 atom stereocenters. The lowest BCUT2D eigenvalue weighted by Crippen LogP contribution is -2.21. The van der Waals surface area contributed by atoms with Crippen LogP contribution >= 0.6 is 23.4 Å². The van der Waals surface area contributed by atoms with Crippen LogP contribution in [-0.2, 0) is 6.42 Å². The number of benzene rings is 1. The van der Waals surface area contributed by atoms with Gasteiger partial charge in [-0.3, -0.25) is 0 Å². The van der Waals surface area contributed by atoms with E-state index in [1.807, 2.05) is 24.3 Å². The van der Waals surface area contributed by atoms with Crippen molar-refractivity contribution < 1.29 is 0 Å². The van der Waals surface area contributed by atoms with E-state index in [0.717, 1.165) is 33.3 Å². The molecule has 1 heterocycles. The quantitative estimate of drug-likeness (QED) is 0.899. The average Bonchev–Trinajstić information content (AvgIpc) is 2.43. The molecule has 4 heteroatoms. The number of nitrogens with two attached hydrogens (primary N) is 1. The summed E-state index contributed by atoms with van der Waals surface area (Å²) in [4.78, 5) is 5.38. The molecule has 1 aromatic carbocycles. The first-order valence-corrected chi connectivity index (χ1v) is 7.51. The normalized spacial score (nSPS) is 12.4. The molecule has 0 amide bonds. The maximum atomic E-state index is 6.31. The Balaban J connectivity index is 2.10. The van der Waals surface area contributed by atoms with Gasteiger partial charge in [-0.2, -0.15) is 0 Å². The predicted molar refractivity (Wildman–Crippen MR) is 81.8 cm³/mol. The molecule has 100 valence electrons. The summed E-state index contributed by atoms with van der Waals surface area (Å²) in [5.74, 6) is 0. The second-order valence-corrected chi connectivity index (χ2v) is 5.90. The van der Waals surface area contributed by atoms with Crippen LogP contribution in [0.1, 0.15) is 18.9 Å². The molecule has 19 heavy (non-hydrogen) atoms. The van der Waals surface area contributed by atoms with Crippen molar-refractivity contribution in [3.8, 4) is 0 Å². The molecular weight excluding hydrogens is 276 g/mol. The van der Waals surface area contributed by atoms with Gasteiger partial charge in [0.2, 0.25) is 0 Å². The summed E-state index contributed by atoms with van der Waals surface area (Å²) in [6.07, 6.45) is 3.57. The molecule has 0 aliphatic heterocycles. The Kier molecular flexibility index (Phi) is 5.25. The standard InChI is InChI=1S/C15H17ClN2S/c1-2-12(17)9-11-6-7-13(10-14(11)16)19-15-5-3-4-8-18-15/h3-8,10,12H,2,9,17H2,1H3. The Morgan fingerprint density at radius 2 is 2.16 bits per heavy atom. The molecule has 2 aromatic rings. The minimum Gasteiger partial charge on any atom is -0.327 e. The lowest BCUT2D eigenvalue weighted by Gasteiger charge is -2.11. The van der Waals surface area contributed by atoms with Crippen LogP contribution in [0.3, 0.4) is 0 Å². The zero-order valence-corrected chi connectivity index (χ0v) is 12.4. The van der Waals surface area contributed by atoms with Crippen molar-refractivity contribution in [1.82, 2.24) is 4.98 Å². The van der Waals surface area contributed by atoms with Crippen LogP contribution in [0.25, 0.3) is 0 Å².